The molecule has 27 heavy (non-hydrogen) atoms. The Morgan fingerprint density at radius 3 is 2.59 bits per heavy atom. The lowest BCUT2D eigenvalue weighted by Crippen LogP contribution is -2.48. The summed E-state index contributed by atoms with van der Waals surface area (Å²) < 4.78 is 14.5. The molecule has 0 aliphatic carbocycles. The second kappa shape index (κ2) is 7.61. The number of nitrogens with zero attached hydrogens (tertiary/aromatic N) is 5. The number of hydrogen-bond acceptors (Lipinski definition) is 5. The van der Waals surface area contributed by atoms with Crippen LogP contribution >= 0.6 is 11.6 Å². The largest absolute Gasteiger partial charge is 0.334 e. The average Bonchev–Trinajstić information content (AvgIpc) is 2.92. The Morgan fingerprint density at radius 1 is 1.33 bits per heavy atom. The molecule has 0 N–H and O–H groups in total. The van der Waals surface area contributed by atoms with E-state index in [0.717, 1.165) is 5.56 Å². The maximum Gasteiger partial charge on any atom is 0.322 e. The number of rotatable bonds is 4. The Kier molecular flexibility index (Phi) is 5.43. The monoisotopic (exact) mass is 395 g/mol. The molecule has 144 valence electrons. The van der Waals surface area contributed by atoms with Crippen molar-refractivity contribution in [2.75, 3.05) is 26.2 Å². The second-order valence-electron chi connectivity index (χ2n) is 6.47. The molecule has 0 bridgehead atoms. The van der Waals surface area contributed by atoms with E-state index in [1.807, 2.05) is 0 Å². The van der Waals surface area contributed by atoms with E-state index in [4.69, 9.17) is 11.6 Å². The van der Waals surface area contributed by atoms with E-state index in [0.29, 0.717) is 43.4 Å². The first-order valence-electron chi connectivity index (χ1n) is 8.41. The SMILES string of the molecule is Cc1c([N+](=O)[O-])c(C(=O)N2CCN(Cc3ccc(F)cc3Cl)CC2)nn1C. The van der Waals surface area contributed by atoms with Gasteiger partial charge in [0.1, 0.15) is 11.5 Å². The highest BCUT2D eigenvalue weighted by molar-refractivity contribution is 6.31. The minimum absolute atomic E-state index is 0.130. The van der Waals surface area contributed by atoms with Crippen LogP contribution in [0.5, 0.6) is 0 Å². The number of aryl methyl sites for hydroxylation is 1. The van der Waals surface area contributed by atoms with Crippen molar-refractivity contribution in [3.05, 3.63) is 56.1 Å². The van der Waals surface area contributed by atoms with Crippen LogP contribution in [0, 0.1) is 22.9 Å². The van der Waals surface area contributed by atoms with Gasteiger partial charge in [-0.05, 0) is 24.6 Å². The minimum atomic E-state index is -0.567. The zero-order valence-electron chi connectivity index (χ0n) is 15.0. The van der Waals surface area contributed by atoms with Crippen LogP contribution in [0.15, 0.2) is 18.2 Å². The van der Waals surface area contributed by atoms with Crippen LogP contribution in [0.3, 0.4) is 0 Å². The number of amides is 1. The third kappa shape index (κ3) is 3.93. The molecule has 0 atom stereocenters. The van der Waals surface area contributed by atoms with Crippen molar-refractivity contribution in [1.82, 2.24) is 19.6 Å². The first-order valence-corrected chi connectivity index (χ1v) is 8.79. The van der Waals surface area contributed by atoms with Crippen molar-refractivity contribution in [3.63, 3.8) is 0 Å². The number of carbonyl (C=O) groups is 1. The molecule has 0 radical (unpaired) electrons. The summed E-state index contributed by atoms with van der Waals surface area (Å²) in [7, 11) is 1.57. The van der Waals surface area contributed by atoms with Gasteiger partial charge in [-0.15, -0.1) is 0 Å². The molecular formula is C17H19ClFN5O3. The van der Waals surface area contributed by atoms with Gasteiger partial charge in [-0.2, -0.15) is 5.10 Å². The fourth-order valence-electron chi connectivity index (χ4n) is 3.11. The smallest absolute Gasteiger partial charge is 0.322 e. The Hall–Kier alpha value is -2.52. The zero-order valence-corrected chi connectivity index (χ0v) is 15.7. The van der Waals surface area contributed by atoms with Gasteiger partial charge < -0.3 is 4.90 Å². The third-order valence-corrected chi connectivity index (χ3v) is 5.11. The highest BCUT2D eigenvalue weighted by atomic mass is 35.5. The number of aromatic nitrogens is 2. The first-order chi connectivity index (χ1) is 12.8. The number of halogens is 2. The third-order valence-electron chi connectivity index (χ3n) is 4.76. The molecule has 0 unspecified atom stereocenters. The van der Waals surface area contributed by atoms with Crippen molar-refractivity contribution < 1.29 is 14.1 Å². The molecule has 8 nitrogen and oxygen atoms in total. The van der Waals surface area contributed by atoms with Gasteiger partial charge in [0, 0.05) is 44.8 Å². The normalized spacial score (nSPS) is 15.2. The van der Waals surface area contributed by atoms with Crippen molar-refractivity contribution in [2.24, 2.45) is 7.05 Å². The Labute approximate surface area is 160 Å². The lowest BCUT2D eigenvalue weighted by molar-refractivity contribution is -0.385. The van der Waals surface area contributed by atoms with E-state index in [1.165, 1.54) is 16.8 Å². The van der Waals surface area contributed by atoms with Gasteiger partial charge in [0.15, 0.2) is 0 Å². The molecule has 1 saturated heterocycles. The highest BCUT2D eigenvalue weighted by Crippen LogP contribution is 2.24. The van der Waals surface area contributed by atoms with E-state index in [2.05, 4.69) is 10.00 Å². The summed E-state index contributed by atoms with van der Waals surface area (Å²) in [5.41, 5.74) is 0.778. The topological polar surface area (TPSA) is 84.5 Å². The number of nitro groups is 1. The molecule has 1 aliphatic rings. The molecule has 1 amide bonds. The molecule has 2 aromatic rings. The van der Waals surface area contributed by atoms with Gasteiger partial charge in [0.05, 0.1) is 4.92 Å². The van der Waals surface area contributed by atoms with Crippen LogP contribution < -0.4 is 0 Å². The quantitative estimate of drug-likeness (QED) is 0.586. The summed E-state index contributed by atoms with van der Waals surface area (Å²) in [5.74, 6) is -0.823. The van der Waals surface area contributed by atoms with E-state index >= 15 is 0 Å². The van der Waals surface area contributed by atoms with Gasteiger partial charge >= 0.3 is 5.69 Å². The maximum absolute atomic E-state index is 13.1. The van der Waals surface area contributed by atoms with Crippen molar-refractivity contribution in [1.29, 1.82) is 0 Å². The molecule has 2 heterocycles. The van der Waals surface area contributed by atoms with E-state index in [9.17, 15) is 19.3 Å². The Morgan fingerprint density at radius 2 is 2.00 bits per heavy atom. The van der Waals surface area contributed by atoms with Crippen LogP contribution in [0.25, 0.3) is 0 Å². The summed E-state index contributed by atoms with van der Waals surface area (Å²) in [6, 6.07) is 4.29. The van der Waals surface area contributed by atoms with Gasteiger partial charge in [-0.25, -0.2) is 4.39 Å². The maximum atomic E-state index is 13.1. The van der Waals surface area contributed by atoms with Crippen molar-refractivity contribution >= 4 is 23.2 Å². The summed E-state index contributed by atoms with van der Waals surface area (Å²) in [6.45, 7) is 4.11. The van der Waals surface area contributed by atoms with Crippen LogP contribution in [0.2, 0.25) is 5.02 Å². The standard InChI is InChI=1S/C17H19ClFN5O3/c1-11-16(24(26)27)15(20-21(11)2)17(25)23-7-5-22(6-8-23)10-12-3-4-13(19)9-14(12)18/h3-4,9H,5-8,10H2,1-2H3. The van der Waals surface area contributed by atoms with Gasteiger partial charge in [0.2, 0.25) is 5.69 Å². The van der Waals surface area contributed by atoms with E-state index in [1.54, 1.807) is 24.9 Å². The van der Waals surface area contributed by atoms with Crippen LogP contribution in [-0.2, 0) is 13.6 Å². The number of benzene rings is 1. The number of hydrogen-bond donors (Lipinski definition) is 0. The summed E-state index contributed by atoms with van der Waals surface area (Å²) in [5, 5.41) is 15.7. The Balaban J connectivity index is 1.66. The predicted molar refractivity (Wildman–Crippen MR) is 97.2 cm³/mol. The molecule has 1 aromatic carbocycles. The molecule has 1 aromatic heterocycles. The number of carbonyl (C=O) groups excluding carboxylic acids is 1. The molecule has 1 fully saturated rings. The van der Waals surface area contributed by atoms with Gasteiger partial charge in [0.25, 0.3) is 5.91 Å². The summed E-state index contributed by atoms with van der Waals surface area (Å²) in [4.78, 5) is 27.1. The minimum Gasteiger partial charge on any atom is -0.334 e. The predicted octanol–water partition coefficient (Wildman–Crippen LogP) is 2.39. The highest BCUT2D eigenvalue weighted by Gasteiger charge is 2.33. The summed E-state index contributed by atoms with van der Waals surface area (Å²) >= 11 is 6.07. The van der Waals surface area contributed by atoms with Crippen LogP contribution in [-0.4, -0.2) is 56.6 Å². The molecule has 0 spiro atoms. The first kappa shape index (κ1) is 19.2. The Bertz CT molecular complexity index is 893. The van der Waals surface area contributed by atoms with Crippen LogP contribution in [0.4, 0.5) is 10.1 Å². The lowest BCUT2D eigenvalue weighted by atomic mass is 10.2. The average molecular weight is 396 g/mol. The lowest BCUT2D eigenvalue weighted by Gasteiger charge is -2.34. The molecule has 1 aliphatic heterocycles. The van der Waals surface area contributed by atoms with Gasteiger partial charge in [-0.3, -0.25) is 24.5 Å². The second-order valence-corrected chi connectivity index (χ2v) is 6.87. The summed E-state index contributed by atoms with van der Waals surface area (Å²) in [6.07, 6.45) is 0. The fourth-order valence-corrected chi connectivity index (χ4v) is 3.34. The van der Waals surface area contributed by atoms with Crippen molar-refractivity contribution in [2.45, 2.75) is 13.5 Å². The van der Waals surface area contributed by atoms with E-state index < -0.39 is 10.8 Å². The molecule has 3 rings (SSSR count). The molecule has 10 heteroatoms. The zero-order chi connectivity index (χ0) is 19.7. The van der Waals surface area contributed by atoms with E-state index in [-0.39, 0.29) is 17.2 Å². The van der Waals surface area contributed by atoms with Crippen molar-refractivity contribution in [3.8, 4) is 0 Å². The molecular weight excluding hydrogens is 377 g/mol. The molecule has 0 saturated carbocycles. The fraction of sp³-hybridized carbons (Fsp3) is 0.412. The number of piperazine rings is 1. The van der Waals surface area contributed by atoms with Gasteiger partial charge in [-0.1, -0.05) is 17.7 Å². The van der Waals surface area contributed by atoms with Crippen LogP contribution in [0.1, 0.15) is 21.7 Å².